The van der Waals surface area contributed by atoms with E-state index in [9.17, 15) is 5.11 Å². The third-order valence-corrected chi connectivity index (χ3v) is 7.04. The van der Waals surface area contributed by atoms with Crippen molar-refractivity contribution in [2.24, 2.45) is 5.92 Å². The van der Waals surface area contributed by atoms with E-state index in [4.69, 9.17) is 17.0 Å². The average Bonchev–Trinajstić information content (AvgIpc) is 3.19. The molecule has 9 heteroatoms. The van der Waals surface area contributed by atoms with Crippen LogP contribution in [0.25, 0.3) is 21.9 Å². The van der Waals surface area contributed by atoms with Gasteiger partial charge in [0.05, 0.1) is 23.7 Å². The molecule has 1 aliphatic rings. The van der Waals surface area contributed by atoms with Gasteiger partial charge in [0, 0.05) is 43.9 Å². The van der Waals surface area contributed by atoms with Crippen LogP contribution in [0.4, 0.5) is 11.5 Å². The number of fused-ring (bicyclic) bond motifs is 2. The predicted molar refractivity (Wildman–Crippen MR) is 138 cm³/mol. The third kappa shape index (κ3) is 4.21. The van der Waals surface area contributed by atoms with Gasteiger partial charge in [0.2, 0.25) is 0 Å². The highest BCUT2D eigenvalue weighted by molar-refractivity contribution is 7.71. The first-order valence-electron chi connectivity index (χ1n) is 11.8. The zero-order valence-electron chi connectivity index (χ0n) is 19.5. The standard InChI is InChI=1S/C25H30N6O2S/c1-3-31-22-13-19-18(12-20(22)28-25(31)34)23(29-24(27-19)33-2)26-14-17-6-4-5-7-21(17)30-10-8-16(15-32)9-11-30/h4-7,12-13,16,32H,3,8-11,14-15H2,1-2H3,(H,28,34)(H,26,27,29). The summed E-state index contributed by atoms with van der Waals surface area (Å²) in [5, 5.41) is 13.9. The maximum atomic E-state index is 9.48. The quantitative estimate of drug-likeness (QED) is 0.337. The van der Waals surface area contributed by atoms with E-state index in [1.54, 1.807) is 7.11 Å². The molecule has 2 aromatic carbocycles. The molecule has 34 heavy (non-hydrogen) atoms. The topological polar surface area (TPSA) is 91.2 Å². The summed E-state index contributed by atoms with van der Waals surface area (Å²) in [7, 11) is 1.58. The predicted octanol–water partition coefficient (Wildman–Crippen LogP) is 4.49. The second-order valence-corrected chi connectivity index (χ2v) is 9.10. The van der Waals surface area contributed by atoms with Gasteiger partial charge in [0.25, 0.3) is 0 Å². The van der Waals surface area contributed by atoms with Crippen LogP contribution in [0.5, 0.6) is 6.01 Å². The molecule has 0 saturated carbocycles. The van der Waals surface area contributed by atoms with Gasteiger partial charge in [0.15, 0.2) is 4.77 Å². The van der Waals surface area contributed by atoms with E-state index in [0.717, 1.165) is 60.2 Å². The highest BCUT2D eigenvalue weighted by Gasteiger charge is 2.20. The molecule has 0 aliphatic carbocycles. The molecule has 4 aromatic rings. The van der Waals surface area contributed by atoms with Crippen molar-refractivity contribution < 1.29 is 9.84 Å². The fraction of sp³-hybridized carbons (Fsp3) is 0.400. The van der Waals surface area contributed by atoms with Crippen molar-refractivity contribution in [3.63, 3.8) is 0 Å². The molecular weight excluding hydrogens is 448 g/mol. The van der Waals surface area contributed by atoms with Gasteiger partial charge in [-0.2, -0.15) is 9.97 Å². The van der Waals surface area contributed by atoms with Crippen molar-refractivity contribution >= 4 is 45.7 Å². The summed E-state index contributed by atoms with van der Waals surface area (Å²) in [6, 6.07) is 12.9. The third-order valence-electron chi connectivity index (χ3n) is 6.72. The number of hydrogen-bond donors (Lipinski definition) is 3. The van der Waals surface area contributed by atoms with Crippen LogP contribution in [-0.4, -0.2) is 51.4 Å². The first-order chi connectivity index (χ1) is 16.6. The molecule has 1 saturated heterocycles. The summed E-state index contributed by atoms with van der Waals surface area (Å²) in [5.41, 5.74) is 5.21. The molecular formula is C25H30N6O2S. The van der Waals surface area contributed by atoms with Crippen LogP contribution in [-0.2, 0) is 13.1 Å². The SMILES string of the molecule is CCn1c(=S)[nH]c2cc3c(NCc4ccccc4N4CCC(CO)CC4)nc(OC)nc3cc21. The van der Waals surface area contributed by atoms with Crippen LogP contribution in [0, 0.1) is 10.7 Å². The number of anilines is 2. The lowest BCUT2D eigenvalue weighted by Gasteiger charge is -2.34. The lowest BCUT2D eigenvalue weighted by molar-refractivity contribution is 0.203. The fourth-order valence-electron chi connectivity index (χ4n) is 4.80. The second-order valence-electron chi connectivity index (χ2n) is 8.72. The number of hydrogen-bond acceptors (Lipinski definition) is 7. The van der Waals surface area contributed by atoms with E-state index in [1.165, 1.54) is 11.3 Å². The maximum absolute atomic E-state index is 9.48. The summed E-state index contributed by atoms with van der Waals surface area (Å²) in [6.07, 6.45) is 2.03. The van der Waals surface area contributed by atoms with Gasteiger partial charge >= 0.3 is 6.01 Å². The van der Waals surface area contributed by atoms with E-state index >= 15 is 0 Å². The van der Waals surface area contributed by atoms with Crippen LogP contribution in [0.1, 0.15) is 25.3 Å². The number of ether oxygens (including phenoxy) is 1. The number of nitrogens with zero attached hydrogens (tertiary/aromatic N) is 4. The van der Waals surface area contributed by atoms with Gasteiger partial charge in [-0.1, -0.05) is 18.2 Å². The molecule has 5 rings (SSSR count). The van der Waals surface area contributed by atoms with Crippen LogP contribution < -0.4 is 15.0 Å². The molecule has 0 radical (unpaired) electrons. The zero-order valence-corrected chi connectivity index (χ0v) is 20.4. The Morgan fingerprint density at radius 3 is 2.74 bits per heavy atom. The molecule has 1 fully saturated rings. The van der Waals surface area contributed by atoms with Gasteiger partial charge in [-0.05, 0) is 61.7 Å². The summed E-state index contributed by atoms with van der Waals surface area (Å²) in [4.78, 5) is 14.9. The number of aryl methyl sites for hydroxylation is 1. The van der Waals surface area contributed by atoms with Crippen molar-refractivity contribution in [2.45, 2.75) is 32.9 Å². The van der Waals surface area contributed by atoms with Crippen molar-refractivity contribution in [3.8, 4) is 6.01 Å². The van der Waals surface area contributed by atoms with Crippen LogP contribution >= 0.6 is 12.2 Å². The Hall–Kier alpha value is -3.17. The van der Waals surface area contributed by atoms with Gasteiger partial charge in [-0.25, -0.2) is 0 Å². The fourth-order valence-corrected chi connectivity index (χ4v) is 5.14. The van der Waals surface area contributed by atoms with Crippen molar-refractivity contribution in [2.75, 3.05) is 37.0 Å². The monoisotopic (exact) mass is 478 g/mol. The highest BCUT2D eigenvalue weighted by Crippen LogP contribution is 2.30. The molecule has 0 amide bonds. The lowest BCUT2D eigenvalue weighted by Crippen LogP contribution is -2.35. The number of benzene rings is 2. The van der Waals surface area contributed by atoms with E-state index in [2.05, 4.69) is 67.0 Å². The lowest BCUT2D eigenvalue weighted by atomic mass is 9.97. The molecule has 8 nitrogen and oxygen atoms in total. The molecule has 0 bridgehead atoms. The van der Waals surface area contributed by atoms with E-state index in [0.29, 0.717) is 23.2 Å². The first-order valence-corrected chi connectivity index (χ1v) is 12.2. The number of piperidine rings is 1. The maximum Gasteiger partial charge on any atom is 0.318 e. The Labute approximate surface area is 203 Å². The van der Waals surface area contributed by atoms with E-state index < -0.39 is 0 Å². The Morgan fingerprint density at radius 2 is 2.00 bits per heavy atom. The van der Waals surface area contributed by atoms with Crippen molar-refractivity contribution in [1.29, 1.82) is 0 Å². The van der Waals surface area contributed by atoms with Gasteiger partial charge in [-0.3, -0.25) is 0 Å². The average molecular weight is 479 g/mol. The smallest absolute Gasteiger partial charge is 0.318 e. The molecule has 0 unspecified atom stereocenters. The Bertz CT molecular complexity index is 1370. The van der Waals surface area contributed by atoms with Gasteiger partial charge in [0.1, 0.15) is 5.82 Å². The highest BCUT2D eigenvalue weighted by atomic mass is 32.1. The van der Waals surface area contributed by atoms with Gasteiger partial charge in [-0.15, -0.1) is 0 Å². The molecule has 3 heterocycles. The number of para-hydroxylation sites is 1. The number of aromatic amines is 1. The Morgan fingerprint density at radius 1 is 1.21 bits per heavy atom. The van der Waals surface area contributed by atoms with Crippen LogP contribution in [0.15, 0.2) is 36.4 Å². The number of nitrogens with one attached hydrogen (secondary N) is 2. The Kier molecular flexibility index (Phi) is 6.38. The molecule has 3 N–H and O–H groups in total. The number of aliphatic hydroxyl groups excluding tert-OH is 1. The molecule has 0 spiro atoms. The number of methoxy groups -OCH3 is 1. The number of aliphatic hydroxyl groups is 1. The van der Waals surface area contributed by atoms with Crippen LogP contribution in [0.2, 0.25) is 0 Å². The largest absolute Gasteiger partial charge is 0.467 e. The number of aromatic nitrogens is 4. The molecule has 2 aromatic heterocycles. The summed E-state index contributed by atoms with van der Waals surface area (Å²) < 4.78 is 8.16. The molecule has 1 aliphatic heterocycles. The van der Waals surface area contributed by atoms with Crippen molar-refractivity contribution in [1.82, 2.24) is 19.5 Å². The Balaban J connectivity index is 1.48. The molecule has 0 atom stereocenters. The number of H-pyrrole nitrogens is 1. The number of rotatable bonds is 7. The minimum atomic E-state index is 0.277. The van der Waals surface area contributed by atoms with Crippen LogP contribution in [0.3, 0.4) is 0 Å². The normalized spacial score (nSPS) is 14.7. The minimum absolute atomic E-state index is 0.277. The van der Waals surface area contributed by atoms with E-state index in [-0.39, 0.29) is 6.61 Å². The molecule has 178 valence electrons. The van der Waals surface area contributed by atoms with Crippen molar-refractivity contribution in [3.05, 3.63) is 46.7 Å². The summed E-state index contributed by atoms with van der Waals surface area (Å²) in [5.74, 6) is 1.13. The second kappa shape index (κ2) is 9.60. The zero-order chi connectivity index (χ0) is 23.7. The first kappa shape index (κ1) is 22.6. The van der Waals surface area contributed by atoms with E-state index in [1.807, 2.05) is 6.07 Å². The summed E-state index contributed by atoms with van der Waals surface area (Å²) >= 11 is 5.49. The minimum Gasteiger partial charge on any atom is -0.467 e. The van der Waals surface area contributed by atoms with Gasteiger partial charge < -0.3 is 29.6 Å². The number of imidazole rings is 1. The summed E-state index contributed by atoms with van der Waals surface area (Å²) in [6.45, 7) is 5.67.